The number of benzene rings is 2. The topological polar surface area (TPSA) is 29.5 Å². The molecular weight excluding hydrogens is 291 g/mol. The van der Waals surface area contributed by atoms with Crippen molar-refractivity contribution in [2.45, 2.75) is 18.9 Å². The Labute approximate surface area is 129 Å². The fourth-order valence-electron chi connectivity index (χ4n) is 2.16. The lowest BCUT2D eigenvalue weighted by Gasteiger charge is -2.13. The first-order chi connectivity index (χ1) is 10.1. The van der Waals surface area contributed by atoms with Crippen molar-refractivity contribution in [2.24, 2.45) is 0 Å². The molecule has 1 atom stereocenters. The quantitative estimate of drug-likeness (QED) is 0.875. The first-order valence-corrected chi connectivity index (χ1v) is 7.18. The van der Waals surface area contributed by atoms with E-state index >= 15 is 0 Å². The van der Waals surface area contributed by atoms with Gasteiger partial charge in [0.15, 0.2) is 0 Å². The molecular formula is C17H18ClFO2. The molecule has 0 saturated carbocycles. The van der Waals surface area contributed by atoms with Crippen molar-refractivity contribution in [3.63, 3.8) is 0 Å². The van der Waals surface area contributed by atoms with E-state index in [1.54, 1.807) is 19.2 Å². The minimum atomic E-state index is -0.782. The summed E-state index contributed by atoms with van der Waals surface area (Å²) in [4.78, 5) is 0. The lowest BCUT2D eigenvalue weighted by Crippen LogP contribution is -2.04. The van der Waals surface area contributed by atoms with Gasteiger partial charge in [0.1, 0.15) is 5.82 Å². The Morgan fingerprint density at radius 1 is 1.19 bits per heavy atom. The zero-order valence-electron chi connectivity index (χ0n) is 11.9. The van der Waals surface area contributed by atoms with Gasteiger partial charge in [-0.2, -0.15) is 0 Å². The van der Waals surface area contributed by atoms with Crippen LogP contribution in [0.5, 0.6) is 0 Å². The predicted octanol–water partition coefficient (Wildman–Crippen LogP) is 3.94. The Kier molecular flexibility index (Phi) is 5.74. The summed E-state index contributed by atoms with van der Waals surface area (Å²) in [6.07, 6.45) is 0.199. The van der Waals surface area contributed by atoms with Crippen LogP contribution in [0.2, 0.25) is 5.02 Å². The SMILES string of the molecule is COCCc1ccc(C(O)Cc2c(F)cccc2Cl)cc1. The first kappa shape index (κ1) is 16.0. The van der Waals surface area contributed by atoms with Crippen LogP contribution in [0.15, 0.2) is 42.5 Å². The maximum Gasteiger partial charge on any atom is 0.127 e. The molecule has 21 heavy (non-hydrogen) atoms. The van der Waals surface area contributed by atoms with E-state index < -0.39 is 11.9 Å². The summed E-state index contributed by atoms with van der Waals surface area (Å²) in [5, 5.41) is 10.6. The highest BCUT2D eigenvalue weighted by Gasteiger charge is 2.14. The van der Waals surface area contributed by atoms with Gasteiger partial charge < -0.3 is 9.84 Å². The fourth-order valence-corrected chi connectivity index (χ4v) is 2.41. The van der Waals surface area contributed by atoms with E-state index in [0.717, 1.165) is 17.5 Å². The molecule has 0 spiro atoms. The normalized spacial score (nSPS) is 12.4. The smallest absolute Gasteiger partial charge is 0.127 e. The second-order valence-electron chi connectivity index (χ2n) is 4.90. The summed E-state index contributed by atoms with van der Waals surface area (Å²) in [6, 6.07) is 12.1. The summed E-state index contributed by atoms with van der Waals surface area (Å²) in [5.41, 5.74) is 2.22. The molecule has 2 nitrogen and oxygen atoms in total. The molecule has 0 aromatic heterocycles. The first-order valence-electron chi connectivity index (χ1n) is 6.80. The second-order valence-corrected chi connectivity index (χ2v) is 5.31. The van der Waals surface area contributed by atoms with E-state index in [2.05, 4.69) is 0 Å². The zero-order chi connectivity index (χ0) is 15.2. The summed E-state index contributed by atoms with van der Waals surface area (Å²) in [6.45, 7) is 0.659. The van der Waals surface area contributed by atoms with Crippen LogP contribution in [0.3, 0.4) is 0 Å². The molecule has 2 aromatic carbocycles. The van der Waals surface area contributed by atoms with Gasteiger partial charge in [0.05, 0.1) is 12.7 Å². The molecule has 2 rings (SSSR count). The number of aliphatic hydroxyl groups excluding tert-OH is 1. The van der Waals surface area contributed by atoms with Gasteiger partial charge in [-0.05, 0) is 29.7 Å². The van der Waals surface area contributed by atoms with Crippen LogP contribution in [0, 0.1) is 5.82 Å². The summed E-state index contributed by atoms with van der Waals surface area (Å²) in [7, 11) is 1.66. The summed E-state index contributed by atoms with van der Waals surface area (Å²) in [5.74, 6) is -0.390. The average Bonchev–Trinajstić information content (AvgIpc) is 2.49. The van der Waals surface area contributed by atoms with E-state index in [1.807, 2.05) is 24.3 Å². The summed E-state index contributed by atoms with van der Waals surface area (Å²) >= 11 is 5.98. The largest absolute Gasteiger partial charge is 0.388 e. The van der Waals surface area contributed by atoms with E-state index in [1.165, 1.54) is 6.07 Å². The van der Waals surface area contributed by atoms with Gasteiger partial charge >= 0.3 is 0 Å². The lowest BCUT2D eigenvalue weighted by molar-refractivity contribution is 0.177. The molecule has 0 aliphatic rings. The van der Waals surface area contributed by atoms with Crippen LogP contribution in [-0.2, 0) is 17.6 Å². The Bertz CT molecular complexity index is 564. The minimum Gasteiger partial charge on any atom is -0.388 e. The molecule has 0 bridgehead atoms. The molecule has 1 N–H and O–H groups in total. The van der Waals surface area contributed by atoms with Gasteiger partial charge in [0.25, 0.3) is 0 Å². The van der Waals surface area contributed by atoms with E-state index in [4.69, 9.17) is 16.3 Å². The Hall–Kier alpha value is -1.42. The Balaban J connectivity index is 2.08. The molecule has 0 saturated heterocycles. The number of hydrogen-bond donors (Lipinski definition) is 1. The van der Waals surface area contributed by atoms with Crippen LogP contribution in [0.25, 0.3) is 0 Å². The van der Waals surface area contributed by atoms with Gasteiger partial charge in [0, 0.05) is 24.1 Å². The van der Waals surface area contributed by atoms with Crippen molar-refractivity contribution in [3.8, 4) is 0 Å². The molecule has 0 heterocycles. The van der Waals surface area contributed by atoms with Gasteiger partial charge in [-0.15, -0.1) is 0 Å². The molecule has 112 valence electrons. The van der Waals surface area contributed by atoms with Crippen molar-refractivity contribution in [1.82, 2.24) is 0 Å². The van der Waals surface area contributed by atoms with Gasteiger partial charge in [-0.1, -0.05) is 41.9 Å². The van der Waals surface area contributed by atoms with Crippen LogP contribution >= 0.6 is 11.6 Å². The number of methoxy groups -OCH3 is 1. The van der Waals surface area contributed by atoms with Gasteiger partial charge in [-0.25, -0.2) is 4.39 Å². The fraction of sp³-hybridized carbons (Fsp3) is 0.294. The lowest BCUT2D eigenvalue weighted by atomic mass is 9.99. The standard InChI is InChI=1S/C17H18ClFO2/c1-21-10-9-12-5-7-13(8-6-12)17(20)11-14-15(18)3-2-4-16(14)19/h2-8,17,20H,9-11H2,1H3. The predicted molar refractivity (Wildman–Crippen MR) is 82.1 cm³/mol. The highest BCUT2D eigenvalue weighted by atomic mass is 35.5. The maximum atomic E-state index is 13.7. The van der Waals surface area contributed by atoms with Gasteiger partial charge in [-0.3, -0.25) is 0 Å². The molecule has 0 radical (unpaired) electrons. The van der Waals surface area contributed by atoms with Crippen LogP contribution in [0.1, 0.15) is 22.8 Å². The monoisotopic (exact) mass is 308 g/mol. The van der Waals surface area contributed by atoms with E-state index in [9.17, 15) is 9.50 Å². The van der Waals surface area contributed by atoms with Crippen LogP contribution in [0.4, 0.5) is 4.39 Å². The Morgan fingerprint density at radius 3 is 2.52 bits per heavy atom. The van der Waals surface area contributed by atoms with Crippen LogP contribution < -0.4 is 0 Å². The molecule has 0 amide bonds. The van der Waals surface area contributed by atoms with E-state index in [-0.39, 0.29) is 6.42 Å². The maximum absolute atomic E-state index is 13.7. The van der Waals surface area contributed by atoms with Crippen molar-refractivity contribution < 1.29 is 14.2 Å². The number of rotatable bonds is 6. The molecule has 0 fully saturated rings. The number of aliphatic hydroxyl groups is 1. The average molecular weight is 309 g/mol. The number of halogens is 2. The van der Waals surface area contributed by atoms with E-state index in [0.29, 0.717) is 17.2 Å². The second kappa shape index (κ2) is 7.55. The summed E-state index contributed by atoms with van der Waals surface area (Å²) < 4.78 is 18.7. The third-order valence-electron chi connectivity index (χ3n) is 3.42. The highest BCUT2D eigenvalue weighted by Crippen LogP contribution is 2.26. The zero-order valence-corrected chi connectivity index (χ0v) is 12.6. The molecule has 2 aromatic rings. The third-order valence-corrected chi connectivity index (χ3v) is 3.77. The van der Waals surface area contributed by atoms with Crippen molar-refractivity contribution >= 4 is 11.6 Å². The van der Waals surface area contributed by atoms with Crippen molar-refractivity contribution in [2.75, 3.05) is 13.7 Å². The molecule has 1 unspecified atom stereocenters. The van der Waals surface area contributed by atoms with Crippen LogP contribution in [-0.4, -0.2) is 18.8 Å². The number of ether oxygens (including phenoxy) is 1. The van der Waals surface area contributed by atoms with Gasteiger partial charge in [0.2, 0.25) is 0 Å². The van der Waals surface area contributed by atoms with Crippen molar-refractivity contribution in [3.05, 3.63) is 70.0 Å². The third kappa shape index (κ3) is 4.27. The molecule has 0 aliphatic carbocycles. The highest BCUT2D eigenvalue weighted by molar-refractivity contribution is 6.31. The van der Waals surface area contributed by atoms with Crippen molar-refractivity contribution in [1.29, 1.82) is 0 Å². The molecule has 0 aliphatic heterocycles. The Morgan fingerprint density at radius 2 is 1.90 bits per heavy atom. The minimum absolute atomic E-state index is 0.156. The molecule has 4 heteroatoms. The number of hydrogen-bond acceptors (Lipinski definition) is 2.